The van der Waals surface area contributed by atoms with Crippen LogP contribution in [0.15, 0.2) is 48.5 Å². The molecular weight excluding hydrogens is 358 g/mol. The summed E-state index contributed by atoms with van der Waals surface area (Å²) in [6.45, 7) is 4.71. The van der Waals surface area contributed by atoms with E-state index in [-0.39, 0.29) is 0 Å². The van der Waals surface area contributed by atoms with Crippen LogP contribution in [-0.4, -0.2) is 43.2 Å². The second kappa shape index (κ2) is 8.86. The quantitative estimate of drug-likeness (QED) is 0.660. The molecule has 4 N–H and O–H groups in total. The van der Waals surface area contributed by atoms with Crippen molar-refractivity contribution in [3.63, 3.8) is 0 Å². The Morgan fingerprint density at radius 2 is 1.61 bits per heavy atom. The first-order valence-electron chi connectivity index (χ1n) is 9.26. The van der Waals surface area contributed by atoms with Crippen molar-refractivity contribution in [3.05, 3.63) is 59.7 Å². The summed E-state index contributed by atoms with van der Waals surface area (Å²) in [6, 6.07) is 14.1. The molecule has 1 heterocycles. The molecule has 0 saturated carbocycles. The number of nitrogens with one attached hydrogen (secondary N) is 1. The molecule has 2 amide bonds. The van der Waals surface area contributed by atoms with Gasteiger partial charge in [0.2, 0.25) is 11.8 Å². The maximum atomic E-state index is 12.7. The van der Waals surface area contributed by atoms with Crippen LogP contribution in [0, 0.1) is 0 Å². The first-order valence-corrected chi connectivity index (χ1v) is 9.26. The van der Waals surface area contributed by atoms with Crippen LogP contribution in [0.4, 0.5) is 11.4 Å². The number of carbonyl (C=O) groups is 2. The number of morpholine rings is 1. The minimum Gasteiger partial charge on any atom is -0.389 e. The average molecular weight is 383 g/mol. The van der Waals surface area contributed by atoms with E-state index in [1.807, 2.05) is 12.1 Å². The van der Waals surface area contributed by atoms with E-state index in [2.05, 4.69) is 10.2 Å². The van der Waals surface area contributed by atoms with Gasteiger partial charge in [0.25, 0.3) is 0 Å². The highest BCUT2D eigenvalue weighted by Gasteiger charge is 2.26. The Morgan fingerprint density at radius 1 is 1.04 bits per heavy atom. The van der Waals surface area contributed by atoms with Crippen LogP contribution in [0.5, 0.6) is 0 Å². The normalized spacial score (nSPS) is 16.3. The van der Waals surface area contributed by atoms with Gasteiger partial charge in [-0.05, 0) is 42.3 Å². The van der Waals surface area contributed by atoms with Crippen molar-refractivity contribution in [2.24, 2.45) is 5.73 Å². The summed E-state index contributed by atoms with van der Waals surface area (Å²) in [5.41, 5.74) is 8.31. The van der Waals surface area contributed by atoms with Crippen molar-refractivity contribution >= 4 is 23.2 Å². The summed E-state index contributed by atoms with van der Waals surface area (Å²) in [6.07, 6.45) is -0.625. The number of aliphatic hydroxyl groups is 1. The van der Waals surface area contributed by atoms with E-state index in [4.69, 9.17) is 10.5 Å². The first-order chi connectivity index (χ1) is 13.5. The van der Waals surface area contributed by atoms with E-state index in [1.165, 1.54) is 0 Å². The molecule has 7 heteroatoms. The summed E-state index contributed by atoms with van der Waals surface area (Å²) in [4.78, 5) is 26.8. The van der Waals surface area contributed by atoms with Crippen molar-refractivity contribution in [1.82, 2.24) is 0 Å². The number of anilines is 2. The summed E-state index contributed by atoms with van der Waals surface area (Å²) in [7, 11) is 0. The molecule has 0 bridgehead atoms. The van der Waals surface area contributed by atoms with Crippen molar-refractivity contribution < 1.29 is 19.4 Å². The van der Waals surface area contributed by atoms with Gasteiger partial charge in [-0.1, -0.05) is 24.3 Å². The summed E-state index contributed by atoms with van der Waals surface area (Å²) >= 11 is 0. The van der Waals surface area contributed by atoms with Gasteiger partial charge in [0.05, 0.1) is 19.3 Å². The number of carbonyl (C=O) groups excluding carboxylic acids is 2. The minimum atomic E-state index is -1.11. The summed E-state index contributed by atoms with van der Waals surface area (Å²) < 4.78 is 5.35. The minimum absolute atomic E-state index is 0.485. The fraction of sp³-hybridized carbons (Fsp3) is 0.333. The molecule has 0 aliphatic carbocycles. The van der Waals surface area contributed by atoms with Gasteiger partial charge in [-0.2, -0.15) is 0 Å². The maximum Gasteiger partial charge on any atom is 0.241 e. The summed E-state index contributed by atoms with van der Waals surface area (Å²) in [5, 5.41) is 12.4. The van der Waals surface area contributed by atoms with Crippen LogP contribution in [0.25, 0.3) is 0 Å². The van der Waals surface area contributed by atoms with Gasteiger partial charge in [-0.15, -0.1) is 0 Å². The Balaban J connectivity index is 1.70. The molecule has 2 atom stereocenters. The van der Waals surface area contributed by atoms with Crippen molar-refractivity contribution in [1.29, 1.82) is 0 Å². The van der Waals surface area contributed by atoms with Crippen LogP contribution in [0.2, 0.25) is 0 Å². The predicted octanol–water partition coefficient (Wildman–Crippen LogP) is 1.78. The number of hydrogen-bond acceptors (Lipinski definition) is 5. The van der Waals surface area contributed by atoms with E-state index in [9.17, 15) is 14.7 Å². The number of ether oxygens (including phenoxy) is 1. The lowest BCUT2D eigenvalue weighted by Crippen LogP contribution is -2.36. The van der Waals surface area contributed by atoms with Crippen LogP contribution in [0.1, 0.15) is 30.1 Å². The van der Waals surface area contributed by atoms with Crippen molar-refractivity contribution in [2.45, 2.75) is 18.9 Å². The number of nitrogens with zero attached hydrogens (tertiary/aromatic N) is 1. The standard InChI is InChI=1S/C21H25N3O4/c1-14(25)15-2-4-16(5-3-15)19(20(22)26)21(27)23-17-6-8-18(9-7-17)24-10-12-28-13-11-24/h2-9,14,19,25H,10-13H2,1H3,(H2,22,26)(H,23,27)/t14?,19-/m0/s1. The number of benzene rings is 2. The Bertz CT molecular complexity index is 813. The molecule has 0 spiro atoms. The van der Waals surface area contributed by atoms with Crippen LogP contribution in [-0.2, 0) is 14.3 Å². The zero-order valence-corrected chi connectivity index (χ0v) is 15.8. The lowest BCUT2D eigenvalue weighted by atomic mass is 9.95. The second-order valence-corrected chi connectivity index (χ2v) is 6.81. The lowest BCUT2D eigenvalue weighted by molar-refractivity contribution is -0.127. The molecule has 2 aromatic rings. The molecule has 2 aromatic carbocycles. The number of hydrogen-bond donors (Lipinski definition) is 3. The van der Waals surface area contributed by atoms with Gasteiger partial charge >= 0.3 is 0 Å². The van der Waals surface area contributed by atoms with Gasteiger partial charge in [0.1, 0.15) is 5.92 Å². The highest BCUT2D eigenvalue weighted by atomic mass is 16.5. The molecular formula is C21H25N3O4. The molecule has 0 aromatic heterocycles. The van der Waals surface area contributed by atoms with Gasteiger partial charge in [-0.3, -0.25) is 9.59 Å². The molecule has 1 saturated heterocycles. The van der Waals surface area contributed by atoms with E-state index in [0.29, 0.717) is 30.0 Å². The molecule has 1 fully saturated rings. The fourth-order valence-electron chi connectivity index (χ4n) is 3.20. The van der Waals surface area contributed by atoms with Crippen LogP contribution in [0.3, 0.4) is 0 Å². The second-order valence-electron chi connectivity index (χ2n) is 6.81. The van der Waals surface area contributed by atoms with E-state index >= 15 is 0 Å². The predicted molar refractivity (Wildman–Crippen MR) is 107 cm³/mol. The SMILES string of the molecule is CC(O)c1ccc([C@@H](C(N)=O)C(=O)Nc2ccc(N3CCOCC3)cc2)cc1. The van der Waals surface area contributed by atoms with Gasteiger partial charge < -0.3 is 25.8 Å². The molecule has 0 radical (unpaired) electrons. The van der Waals surface area contributed by atoms with Crippen molar-refractivity contribution in [3.8, 4) is 0 Å². The largest absolute Gasteiger partial charge is 0.389 e. The molecule has 7 nitrogen and oxygen atoms in total. The van der Waals surface area contributed by atoms with Crippen molar-refractivity contribution in [2.75, 3.05) is 36.5 Å². The number of amides is 2. The molecule has 28 heavy (non-hydrogen) atoms. The third-order valence-electron chi connectivity index (χ3n) is 4.81. The number of rotatable bonds is 6. The average Bonchev–Trinajstić information content (AvgIpc) is 2.69. The van der Waals surface area contributed by atoms with E-state index < -0.39 is 23.8 Å². The van der Waals surface area contributed by atoms with Crippen LogP contribution >= 0.6 is 0 Å². The Morgan fingerprint density at radius 3 is 2.14 bits per heavy atom. The Kier molecular flexibility index (Phi) is 6.28. The molecule has 1 aliphatic heterocycles. The smallest absolute Gasteiger partial charge is 0.241 e. The highest BCUT2D eigenvalue weighted by Crippen LogP contribution is 2.23. The van der Waals surface area contributed by atoms with E-state index in [1.54, 1.807) is 43.3 Å². The highest BCUT2D eigenvalue weighted by molar-refractivity contribution is 6.10. The maximum absolute atomic E-state index is 12.7. The van der Waals surface area contributed by atoms with Gasteiger partial charge in [0, 0.05) is 24.5 Å². The molecule has 1 unspecified atom stereocenters. The Labute approximate surface area is 164 Å². The first kappa shape index (κ1) is 19.9. The molecule has 1 aliphatic rings. The Hall–Kier alpha value is -2.90. The summed E-state index contributed by atoms with van der Waals surface area (Å²) in [5.74, 6) is -2.33. The zero-order chi connectivity index (χ0) is 20.1. The topological polar surface area (TPSA) is 105 Å². The third-order valence-corrected chi connectivity index (χ3v) is 4.81. The third kappa shape index (κ3) is 4.68. The molecule has 148 valence electrons. The number of aliphatic hydroxyl groups excluding tert-OH is 1. The van der Waals surface area contributed by atoms with Crippen LogP contribution < -0.4 is 16.0 Å². The van der Waals surface area contributed by atoms with Gasteiger partial charge in [0.15, 0.2) is 0 Å². The zero-order valence-electron chi connectivity index (χ0n) is 15.8. The molecule has 3 rings (SSSR count). The number of primary amides is 1. The lowest BCUT2D eigenvalue weighted by Gasteiger charge is -2.29. The number of nitrogens with two attached hydrogens (primary N) is 1. The fourth-order valence-corrected chi connectivity index (χ4v) is 3.20. The van der Waals surface area contributed by atoms with Gasteiger partial charge in [-0.25, -0.2) is 0 Å². The van der Waals surface area contributed by atoms with E-state index in [0.717, 1.165) is 18.8 Å². The monoisotopic (exact) mass is 383 g/mol.